The van der Waals surface area contributed by atoms with Crippen LogP contribution in [0.4, 0.5) is 5.69 Å². The summed E-state index contributed by atoms with van der Waals surface area (Å²) in [5.74, 6) is 0.405. The standard InChI is InChI=1S/C23H30N2O4S/c1-15-16(2)18(4)23(19(5)17(15)3)30(27,28)24-20-9-8-10-21(13-20)29-14-22(26)25-11-6-7-12-25/h8-10,13,24H,6-7,11-12,14H2,1-5H3. The number of carbonyl (C=O) groups excluding carboxylic acids is 1. The highest BCUT2D eigenvalue weighted by atomic mass is 32.2. The van der Waals surface area contributed by atoms with Gasteiger partial charge in [0.1, 0.15) is 5.75 Å². The second kappa shape index (κ2) is 8.68. The summed E-state index contributed by atoms with van der Waals surface area (Å²) in [5, 5.41) is 0. The Morgan fingerprint density at radius 3 is 2.13 bits per heavy atom. The van der Waals surface area contributed by atoms with Crippen LogP contribution in [0.5, 0.6) is 5.75 Å². The van der Waals surface area contributed by atoms with Crippen molar-refractivity contribution in [1.82, 2.24) is 4.90 Å². The third kappa shape index (κ3) is 4.46. The van der Waals surface area contributed by atoms with Crippen molar-refractivity contribution in [1.29, 1.82) is 0 Å². The Morgan fingerprint density at radius 2 is 1.53 bits per heavy atom. The molecule has 0 unspecified atom stereocenters. The van der Waals surface area contributed by atoms with Gasteiger partial charge in [0.15, 0.2) is 6.61 Å². The summed E-state index contributed by atoms with van der Waals surface area (Å²) < 4.78 is 34.7. The maximum atomic E-state index is 13.2. The Labute approximate surface area is 179 Å². The van der Waals surface area contributed by atoms with E-state index in [4.69, 9.17) is 4.74 Å². The van der Waals surface area contributed by atoms with E-state index in [1.165, 1.54) is 0 Å². The number of rotatable bonds is 6. The molecule has 0 saturated carbocycles. The van der Waals surface area contributed by atoms with E-state index in [-0.39, 0.29) is 12.5 Å². The molecular weight excluding hydrogens is 400 g/mol. The minimum Gasteiger partial charge on any atom is -0.484 e. The van der Waals surface area contributed by atoms with Crippen LogP contribution >= 0.6 is 0 Å². The molecule has 0 radical (unpaired) electrons. The molecule has 7 heteroatoms. The van der Waals surface area contributed by atoms with Crippen molar-refractivity contribution in [2.45, 2.75) is 52.4 Å². The predicted molar refractivity (Wildman–Crippen MR) is 119 cm³/mol. The summed E-state index contributed by atoms with van der Waals surface area (Å²) in [6.07, 6.45) is 2.06. The number of carbonyl (C=O) groups is 1. The minimum atomic E-state index is -3.78. The number of benzene rings is 2. The number of anilines is 1. The maximum Gasteiger partial charge on any atom is 0.262 e. The Hall–Kier alpha value is -2.54. The largest absolute Gasteiger partial charge is 0.484 e. The predicted octanol–water partition coefficient (Wildman–Crippen LogP) is 4.03. The molecule has 2 aromatic carbocycles. The van der Waals surface area contributed by atoms with Gasteiger partial charge in [-0.3, -0.25) is 9.52 Å². The van der Waals surface area contributed by atoms with E-state index < -0.39 is 10.0 Å². The highest BCUT2D eigenvalue weighted by molar-refractivity contribution is 7.92. The molecule has 162 valence electrons. The summed E-state index contributed by atoms with van der Waals surface area (Å²) in [6.45, 7) is 11.1. The molecule has 0 atom stereocenters. The second-order valence-corrected chi connectivity index (χ2v) is 9.58. The summed E-state index contributed by atoms with van der Waals surface area (Å²) in [5.41, 5.74) is 4.99. The quantitative estimate of drug-likeness (QED) is 0.751. The van der Waals surface area contributed by atoms with Gasteiger partial charge < -0.3 is 9.64 Å². The number of hydrogen-bond donors (Lipinski definition) is 1. The number of hydrogen-bond acceptors (Lipinski definition) is 4. The van der Waals surface area contributed by atoms with E-state index in [1.54, 1.807) is 29.2 Å². The lowest BCUT2D eigenvalue weighted by Crippen LogP contribution is -2.32. The smallest absolute Gasteiger partial charge is 0.262 e. The van der Waals surface area contributed by atoms with Gasteiger partial charge in [0, 0.05) is 19.2 Å². The fourth-order valence-electron chi connectivity index (χ4n) is 3.93. The number of sulfonamides is 1. The second-order valence-electron chi connectivity index (χ2n) is 7.96. The van der Waals surface area contributed by atoms with Crippen LogP contribution in [0.1, 0.15) is 40.7 Å². The van der Waals surface area contributed by atoms with Crippen molar-refractivity contribution in [3.05, 3.63) is 52.1 Å². The lowest BCUT2D eigenvalue weighted by Gasteiger charge is -2.19. The molecule has 1 amide bonds. The normalized spacial score (nSPS) is 14.1. The average molecular weight is 431 g/mol. The summed E-state index contributed by atoms with van der Waals surface area (Å²) in [4.78, 5) is 14.3. The molecule has 0 aliphatic carbocycles. The van der Waals surface area contributed by atoms with Crippen LogP contribution in [0.3, 0.4) is 0 Å². The van der Waals surface area contributed by atoms with Gasteiger partial charge in [-0.1, -0.05) is 6.07 Å². The van der Waals surface area contributed by atoms with Gasteiger partial charge in [0.25, 0.3) is 15.9 Å². The van der Waals surface area contributed by atoms with Gasteiger partial charge >= 0.3 is 0 Å². The van der Waals surface area contributed by atoms with Gasteiger partial charge in [-0.25, -0.2) is 8.42 Å². The van der Waals surface area contributed by atoms with E-state index in [0.717, 1.165) is 53.7 Å². The number of nitrogens with zero attached hydrogens (tertiary/aromatic N) is 1. The van der Waals surface area contributed by atoms with Crippen LogP contribution in [-0.4, -0.2) is 38.9 Å². The molecule has 1 aliphatic rings. The number of ether oxygens (including phenoxy) is 1. The summed E-state index contributed by atoms with van der Waals surface area (Å²) in [7, 11) is -3.78. The first-order chi connectivity index (χ1) is 14.1. The SMILES string of the molecule is Cc1c(C)c(C)c(S(=O)(=O)Nc2cccc(OCC(=O)N3CCCC3)c2)c(C)c1C. The van der Waals surface area contributed by atoms with Crippen molar-refractivity contribution in [3.63, 3.8) is 0 Å². The zero-order valence-corrected chi connectivity index (χ0v) is 19.1. The highest BCUT2D eigenvalue weighted by Crippen LogP contribution is 2.31. The minimum absolute atomic E-state index is 0.0460. The molecule has 3 rings (SSSR count). The van der Waals surface area contributed by atoms with Crippen LogP contribution < -0.4 is 9.46 Å². The van der Waals surface area contributed by atoms with Crippen molar-refractivity contribution in [3.8, 4) is 5.75 Å². The van der Waals surface area contributed by atoms with E-state index >= 15 is 0 Å². The fraction of sp³-hybridized carbons (Fsp3) is 0.435. The fourth-order valence-corrected chi connectivity index (χ4v) is 5.58. The average Bonchev–Trinajstić information content (AvgIpc) is 3.24. The number of nitrogens with one attached hydrogen (secondary N) is 1. The molecule has 1 aliphatic heterocycles. The van der Waals surface area contributed by atoms with Crippen LogP contribution in [0.15, 0.2) is 29.2 Å². The van der Waals surface area contributed by atoms with Crippen molar-refractivity contribution < 1.29 is 17.9 Å². The monoisotopic (exact) mass is 430 g/mol. The first-order valence-electron chi connectivity index (χ1n) is 10.2. The molecule has 1 N–H and O–H groups in total. The zero-order chi connectivity index (χ0) is 22.1. The van der Waals surface area contributed by atoms with Gasteiger partial charge in [0.05, 0.1) is 10.6 Å². The molecule has 0 bridgehead atoms. The first kappa shape index (κ1) is 22.2. The number of likely N-dealkylation sites (tertiary alicyclic amines) is 1. The summed E-state index contributed by atoms with van der Waals surface area (Å²) in [6, 6.07) is 6.70. The zero-order valence-electron chi connectivity index (χ0n) is 18.3. The lowest BCUT2D eigenvalue weighted by atomic mass is 9.95. The van der Waals surface area contributed by atoms with E-state index in [0.29, 0.717) is 16.3 Å². The van der Waals surface area contributed by atoms with Gasteiger partial charge in [0.2, 0.25) is 0 Å². The van der Waals surface area contributed by atoms with Crippen LogP contribution in [-0.2, 0) is 14.8 Å². The van der Waals surface area contributed by atoms with Crippen LogP contribution in [0, 0.1) is 34.6 Å². The van der Waals surface area contributed by atoms with Gasteiger partial charge in [-0.05, 0) is 87.4 Å². The Kier molecular flexibility index (Phi) is 6.41. The third-order valence-corrected chi connectivity index (χ3v) is 7.76. The topological polar surface area (TPSA) is 75.7 Å². The molecule has 1 saturated heterocycles. The summed E-state index contributed by atoms with van der Waals surface area (Å²) >= 11 is 0. The van der Waals surface area contributed by atoms with Gasteiger partial charge in [-0.15, -0.1) is 0 Å². The Balaban J connectivity index is 1.80. The molecule has 0 spiro atoms. The molecule has 2 aromatic rings. The van der Waals surface area contributed by atoms with E-state index in [9.17, 15) is 13.2 Å². The lowest BCUT2D eigenvalue weighted by molar-refractivity contribution is -0.132. The van der Waals surface area contributed by atoms with E-state index in [1.807, 2.05) is 34.6 Å². The first-order valence-corrected chi connectivity index (χ1v) is 11.7. The molecule has 1 fully saturated rings. The molecule has 6 nitrogen and oxygen atoms in total. The van der Waals surface area contributed by atoms with Crippen LogP contribution in [0.2, 0.25) is 0 Å². The Morgan fingerprint density at radius 1 is 0.967 bits per heavy atom. The maximum absolute atomic E-state index is 13.2. The van der Waals surface area contributed by atoms with Crippen molar-refractivity contribution in [2.75, 3.05) is 24.4 Å². The van der Waals surface area contributed by atoms with Crippen molar-refractivity contribution in [2.24, 2.45) is 0 Å². The molecular formula is C23H30N2O4S. The Bertz CT molecular complexity index is 1040. The third-order valence-electron chi connectivity index (χ3n) is 6.11. The number of amides is 1. The van der Waals surface area contributed by atoms with E-state index in [2.05, 4.69) is 4.72 Å². The van der Waals surface area contributed by atoms with Crippen molar-refractivity contribution >= 4 is 21.6 Å². The highest BCUT2D eigenvalue weighted by Gasteiger charge is 2.24. The van der Waals surface area contributed by atoms with Crippen LogP contribution in [0.25, 0.3) is 0 Å². The molecule has 30 heavy (non-hydrogen) atoms. The van der Waals surface area contributed by atoms with Gasteiger partial charge in [-0.2, -0.15) is 0 Å². The molecule has 0 aromatic heterocycles. The molecule has 1 heterocycles.